The number of benzene rings is 4. The van der Waals surface area contributed by atoms with Gasteiger partial charge < -0.3 is 128 Å². The number of nitrogens with zero attached hydrogens (tertiary/aromatic N) is 2. The number of H-pyrrole nitrogens is 1. The average Bonchev–Trinajstić information content (AvgIpc) is 1.65. The highest BCUT2D eigenvalue weighted by Gasteiger charge is 2.36. The van der Waals surface area contributed by atoms with Crippen molar-refractivity contribution in [2.45, 2.75) is 138 Å². The number of fused-ring (bicyclic) bond motifs is 1. The van der Waals surface area contributed by atoms with E-state index in [1.165, 1.54) is 60.7 Å². The van der Waals surface area contributed by atoms with Crippen LogP contribution in [0.1, 0.15) is 74.1 Å². The number of nitrogens with two attached hydrogens (primary N) is 6. The Labute approximate surface area is 596 Å². The molecular weight excluding hydrogens is 1360 g/mol. The summed E-state index contributed by atoms with van der Waals surface area (Å²) in [5.41, 5.74) is 36.5. The van der Waals surface area contributed by atoms with Gasteiger partial charge in [-0.2, -0.15) is 0 Å². The molecule has 0 aliphatic heterocycles. The number of aliphatic hydroxyl groups is 3. The second-order valence-electron chi connectivity index (χ2n) is 23.9. The number of aliphatic imine (C=N–C) groups is 2. The fraction of sp³-hybridized carbons (Fsp3) is 0.418. The first-order valence-electron chi connectivity index (χ1n) is 32.9. The van der Waals surface area contributed by atoms with Gasteiger partial charge in [-0.3, -0.25) is 57.9 Å². The number of aromatic amines is 1. The molecule has 0 spiro atoms. The molecule has 0 fully saturated rings. The van der Waals surface area contributed by atoms with Crippen molar-refractivity contribution in [2.75, 3.05) is 39.5 Å². The second kappa shape index (κ2) is 43.9. The van der Waals surface area contributed by atoms with E-state index in [1.54, 1.807) is 42.6 Å². The minimum Gasteiger partial charge on any atom is -0.508 e. The van der Waals surface area contributed by atoms with Crippen LogP contribution in [0.25, 0.3) is 10.9 Å². The molecule has 0 radical (unpaired) electrons. The molecule has 0 aliphatic carbocycles. The number of guanidine groups is 2. The zero-order valence-corrected chi connectivity index (χ0v) is 57.0. The average molecular weight is 1460 g/mol. The summed E-state index contributed by atoms with van der Waals surface area (Å²) in [6, 6.07) is 7.78. The molecule has 104 heavy (non-hydrogen) atoms. The first-order chi connectivity index (χ1) is 49.4. The standard InChI is InChI=1S/C65H90N18O17.C2H4O2/c66-24-4-3-9-45(76-55(91)47(11-6-26-73-65(70)71)77-60(96)51(32-84)81-57(93)46(10-5-25-72-64(68)69)75-54(90)43(67)27-35-12-18-39(87)19-13-35)56(92)78-48(28-36-14-20-40(88)21-15-36)58(94)82-53(34-86)62(98)83-52(33-85)61(97)79-49(30-38-31-74-44-8-2-1-7-42(38)44)59(95)80-50(63(99)100)29-37-16-22-41(89)23-17-37;1-2(3)4/h1-2,7-8,12-23,31,43,45-53,74,84-89H,3-6,9-11,24-30,32-34,66-67H2,(H,75,90)(H,76,91)(H,77,96)(H,78,92)(H,79,97)(H,80,95)(H,81,93)(H,82,94)(H,83,98)(H,99,100)(H4,68,69,72)(H4,70,71,73);1H3,(H,3,4)/t43-,45-,46-,47-,48-,49-,50-,51-,52-,53-;/m0./s1. The Bertz CT molecular complexity index is 3720. The molecule has 37 nitrogen and oxygen atoms in total. The number of unbranched alkanes of at least 4 members (excludes halogenated alkanes) is 1. The maximum atomic E-state index is 14.6. The summed E-state index contributed by atoms with van der Waals surface area (Å²) in [7, 11) is 0. The highest BCUT2D eigenvalue weighted by atomic mass is 16.4. The van der Waals surface area contributed by atoms with Crippen molar-refractivity contribution in [3.63, 3.8) is 0 Å². The van der Waals surface area contributed by atoms with Crippen molar-refractivity contribution in [1.29, 1.82) is 0 Å². The van der Waals surface area contributed by atoms with Gasteiger partial charge in [0.05, 0.1) is 25.9 Å². The molecule has 0 bridgehead atoms. The van der Waals surface area contributed by atoms with Crippen LogP contribution in [0.2, 0.25) is 0 Å². The van der Waals surface area contributed by atoms with Crippen molar-refractivity contribution < 1.29 is 93.6 Å². The number of hydrogen-bond acceptors (Lipinski definition) is 21. The molecule has 37 heteroatoms. The van der Waals surface area contributed by atoms with Gasteiger partial charge in [-0.25, -0.2) is 4.79 Å². The van der Waals surface area contributed by atoms with E-state index in [4.69, 9.17) is 44.3 Å². The fourth-order valence-corrected chi connectivity index (χ4v) is 10.2. The lowest BCUT2D eigenvalue weighted by Crippen LogP contribution is -2.62. The van der Waals surface area contributed by atoms with Gasteiger partial charge >= 0.3 is 5.97 Å². The van der Waals surface area contributed by atoms with Crippen molar-refractivity contribution in [3.05, 3.63) is 126 Å². The number of para-hydroxylation sites is 1. The number of carboxylic acid groups (broad SMARTS) is 2. The van der Waals surface area contributed by atoms with E-state index in [0.717, 1.165) is 6.92 Å². The second-order valence-corrected chi connectivity index (χ2v) is 23.9. The van der Waals surface area contributed by atoms with Crippen molar-refractivity contribution >= 4 is 87.9 Å². The fourth-order valence-electron chi connectivity index (χ4n) is 10.2. The molecule has 5 aromatic rings. The number of aromatic nitrogens is 1. The summed E-state index contributed by atoms with van der Waals surface area (Å²) in [5.74, 6) is -12.5. The number of rotatable bonds is 42. The van der Waals surface area contributed by atoms with Crippen molar-refractivity contribution in [2.24, 2.45) is 44.4 Å². The normalized spacial score (nSPS) is 13.8. The summed E-state index contributed by atoms with van der Waals surface area (Å²) in [5, 5.41) is 101. The van der Waals surface area contributed by atoms with Gasteiger partial charge in [0.25, 0.3) is 5.97 Å². The van der Waals surface area contributed by atoms with E-state index < -0.39 is 145 Å². The van der Waals surface area contributed by atoms with Crippen LogP contribution < -0.4 is 82.3 Å². The lowest BCUT2D eigenvalue weighted by molar-refractivity contribution is -0.142. The SMILES string of the molecule is CC(=O)O.NCCCC[C@H](NC(=O)[C@H](CCCN=C(N)N)NC(=O)[C@H](CO)NC(=O)[C@H](CCCN=C(N)N)NC(=O)[C@@H](N)Cc1ccc(O)cc1)C(=O)N[C@@H](Cc1ccc(O)cc1)C(=O)N[C@@H](CO)C(=O)N[C@@H](CO)C(=O)N[C@@H](Cc1c[nH]c2ccccc12)C(=O)N[C@@H](Cc1ccc(O)cc1)C(=O)O. The van der Waals surface area contributed by atoms with Gasteiger partial charge in [0.2, 0.25) is 53.2 Å². The summed E-state index contributed by atoms with van der Waals surface area (Å²) in [6.07, 6.45) is 0.899. The molecule has 30 N–H and O–H groups in total. The van der Waals surface area contributed by atoms with Crippen LogP contribution in [0.4, 0.5) is 0 Å². The van der Waals surface area contributed by atoms with Crippen LogP contribution in [-0.4, -0.2) is 223 Å². The molecular formula is C67H94N18O19. The third-order valence-corrected chi connectivity index (χ3v) is 15.6. The Morgan fingerprint density at radius 1 is 0.413 bits per heavy atom. The molecule has 566 valence electrons. The minimum atomic E-state index is -1.92. The highest BCUT2D eigenvalue weighted by molar-refractivity contribution is 5.99. The van der Waals surface area contributed by atoms with Gasteiger partial charge in [0.15, 0.2) is 11.9 Å². The molecule has 10 atom stereocenters. The van der Waals surface area contributed by atoms with Gasteiger partial charge in [0, 0.05) is 56.4 Å². The zero-order chi connectivity index (χ0) is 77.0. The summed E-state index contributed by atoms with van der Waals surface area (Å²) < 4.78 is 0. The van der Waals surface area contributed by atoms with Crippen LogP contribution >= 0.6 is 0 Å². The topological polar surface area (TPSA) is 655 Å². The summed E-state index contributed by atoms with van der Waals surface area (Å²) >= 11 is 0. The van der Waals surface area contributed by atoms with E-state index in [0.29, 0.717) is 39.6 Å². The molecule has 0 saturated heterocycles. The summed E-state index contributed by atoms with van der Waals surface area (Å²) in [6.45, 7) is -2.14. The van der Waals surface area contributed by atoms with Crippen LogP contribution in [0.5, 0.6) is 17.2 Å². The predicted octanol–water partition coefficient (Wildman–Crippen LogP) is -5.37. The largest absolute Gasteiger partial charge is 0.508 e. The third-order valence-electron chi connectivity index (χ3n) is 15.6. The Morgan fingerprint density at radius 2 is 0.731 bits per heavy atom. The first kappa shape index (κ1) is 84.7. The van der Waals surface area contributed by atoms with Gasteiger partial charge in [-0.15, -0.1) is 0 Å². The Morgan fingerprint density at radius 3 is 1.12 bits per heavy atom. The van der Waals surface area contributed by atoms with E-state index in [1.807, 2.05) is 0 Å². The number of amides is 9. The van der Waals surface area contributed by atoms with Crippen molar-refractivity contribution in [3.8, 4) is 17.2 Å². The number of aliphatic carboxylic acids is 2. The number of aromatic hydroxyl groups is 3. The monoisotopic (exact) mass is 1450 g/mol. The molecule has 1 aromatic heterocycles. The molecule has 0 unspecified atom stereocenters. The quantitative estimate of drug-likeness (QED) is 0.00985. The van der Waals surface area contributed by atoms with Gasteiger partial charge in [-0.05, 0) is 123 Å². The highest BCUT2D eigenvalue weighted by Crippen LogP contribution is 2.21. The van der Waals surface area contributed by atoms with E-state index in [2.05, 4.69) is 62.8 Å². The lowest BCUT2D eigenvalue weighted by Gasteiger charge is -2.28. The number of aliphatic hydroxyl groups excluding tert-OH is 3. The molecule has 9 amide bonds. The Balaban J connectivity index is 0.00000557. The van der Waals surface area contributed by atoms with E-state index >= 15 is 0 Å². The summed E-state index contributed by atoms with van der Waals surface area (Å²) in [4.78, 5) is 159. The van der Waals surface area contributed by atoms with Crippen LogP contribution in [0, 0.1) is 0 Å². The predicted molar refractivity (Wildman–Crippen MR) is 378 cm³/mol. The van der Waals surface area contributed by atoms with Crippen LogP contribution in [0.3, 0.4) is 0 Å². The molecule has 4 aromatic carbocycles. The molecule has 0 saturated carbocycles. The number of carbonyl (C=O) groups is 11. The zero-order valence-electron chi connectivity index (χ0n) is 57.0. The smallest absolute Gasteiger partial charge is 0.326 e. The maximum Gasteiger partial charge on any atom is 0.326 e. The number of nitrogens with one attached hydrogen (secondary N) is 10. The number of carbonyl (C=O) groups excluding carboxylic acids is 9. The van der Waals surface area contributed by atoms with Gasteiger partial charge in [-0.1, -0.05) is 54.6 Å². The Hall–Kier alpha value is -11.7. The first-order valence-corrected chi connectivity index (χ1v) is 32.9. The van der Waals surface area contributed by atoms with Crippen LogP contribution in [0.15, 0.2) is 113 Å². The van der Waals surface area contributed by atoms with E-state index in [-0.39, 0.29) is 113 Å². The number of carboxylic acids is 2. The van der Waals surface area contributed by atoms with Crippen LogP contribution in [-0.2, 0) is 78.4 Å². The van der Waals surface area contributed by atoms with E-state index in [9.17, 15) is 83.7 Å². The lowest BCUT2D eigenvalue weighted by atomic mass is 10.0. The minimum absolute atomic E-state index is 0.00569. The molecule has 1 heterocycles. The Kier molecular flexibility index (Phi) is 35.7. The van der Waals surface area contributed by atoms with Crippen molar-refractivity contribution in [1.82, 2.24) is 52.8 Å². The molecule has 5 rings (SSSR count). The maximum absolute atomic E-state index is 14.6. The number of hydrogen-bond donors (Lipinski definition) is 24. The van der Waals surface area contributed by atoms with Gasteiger partial charge in [0.1, 0.15) is 71.6 Å². The number of phenolic OH excluding ortho intramolecular Hbond substituents is 3. The molecule has 0 aliphatic rings. The third kappa shape index (κ3) is 29.9. The number of phenols is 3.